The lowest BCUT2D eigenvalue weighted by atomic mass is 10.1. The summed E-state index contributed by atoms with van der Waals surface area (Å²) in [6, 6.07) is 0. The number of hydrogen-bond acceptors (Lipinski definition) is 8. The summed E-state index contributed by atoms with van der Waals surface area (Å²) in [4.78, 5) is 63.3. The van der Waals surface area contributed by atoms with Crippen molar-refractivity contribution in [3.8, 4) is 0 Å². The van der Waals surface area contributed by atoms with Crippen molar-refractivity contribution in [1.29, 1.82) is 0 Å². The Bertz CT molecular complexity index is 714. The first-order valence-electron chi connectivity index (χ1n) is 14.9. The van der Waals surface area contributed by atoms with Crippen LogP contribution in [-0.4, -0.2) is 132 Å². The van der Waals surface area contributed by atoms with Gasteiger partial charge in [0.15, 0.2) is 0 Å². The van der Waals surface area contributed by atoms with Crippen molar-refractivity contribution in [3.05, 3.63) is 0 Å². The Balaban J connectivity index is 4.89. The minimum absolute atomic E-state index is 0.126. The molecule has 2 amide bonds. The van der Waals surface area contributed by atoms with Crippen LogP contribution in [0.4, 0.5) is 0 Å². The number of hydrogen-bond donors (Lipinski definition) is 5. The molecule has 0 aromatic heterocycles. The van der Waals surface area contributed by atoms with Gasteiger partial charge in [0.05, 0.1) is 32.7 Å². The summed E-state index contributed by atoms with van der Waals surface area (Å²) in [6.07, 6.45) is 10.5. The SMILES string of the molecule is CCCCCCCNC(=O)CN(CCN(CCN(CC(=O)O)CC(=O)NCCCCCCC)CC(=O)O)CC(=O)O. The number of carboxylic acid groups (broad SMARTS) is 3. The molecule has 13 nitrogen and oxygen atoms in total. The standard InChI is InChI=1S/C28H53N5O8/c1-3-5-7-9-11-13-29-24(34)19-32(22-27(38)39)17-15-31(21-26(36)37)16-18-33(23-28(40)41)20-25(35)30-14-12-10-8-6-4-2/h3-23H2,1-2H3,(H,29,34)(H,30,35)(H,36,37)(H,38,39)(H,40,41). The highest BCUT2D eigenvalue weighted by Gasteiger charge is 2.19. The number of nitrogens with zero attached hydrogens (tertiary/aromatic N) is 3. The van der Waals surface area contributed by atoms with Crippen LogP contribution in [0.1, 0.15) is 78.1 Å². The molecular weight excluding hydrogens is 534 g/mol. The number of carbonyl (C=O) groups is 5. The van der Waals surface area contributed by atoms with Gasteiger partial charge < -0.3 is 26.0 Å². The predicted octanol–water partition coefficient (Wildman–Crippen LogP) is 1.32. The van der Waals surface area contributed by atoms with Gasteiger partial charge in [0.25, 0.3) is 0 Å². The minimum atomic E-state index is -1.11. The van der Waals surface area contributed by atoms with Crippen molar-refractivity contribution >= 4 is 29.7 Å². The van der Waals surface area contributed by atoms with Gasteiger partial charge in [-0.1, -0.05) is 65.2 Å². The Morgan fingerprint density at radius 2 is 0.780 bits per heavy atom. The van der Waals surface area contributed by atoms with E-state index in [1.807, 2.05) is 0 Å². The van der Waals surface area contributed by atoms with Gasteiger partial charge >= 0.3 is 17.9 Å². The van der Waals surface area contributed by atoms with Gasteiger partial charge in [0.2, 0.25) is 11.8 Å². The highest BCUT2D eigenvalue weighted by atomic mass is 16.4. The second-order valence-electron chi connectivity index (χ2n) is 10.4. The maximum atomic E-state index is 12.4. The molecule has 41 heavy (non-hydrogen) atoms. The molecule has 0 saturated heterocycles. The van der Waals surface area contributed by atoms with Gasteiger partial charge in [-0.15, -0.1) is 0 Å². The van der Waals surface area contributed by atoms with Crippen LogP contribution in [0.15, 0.2) is 0 Å². The molecule has 5 N–H and O–H groups in total. The Labute approximate surface area is 244 Å². The molecule has 238 valence electrons. The summed E-state index contributed by atoms with van der Waals surface area (Å²) in [6.45, 7) is 4.45. The van der Waals surface area contributed by atoms with Crippen molar-refractivity contribution in [2.45, 2.75) is 78.1 Å². The lowest BCUT2D eigenvalue weighted by molar-refractivity contribution is -0.141. The van der Waals surface area contributed by atoms with E-state index in [4.69, 9.17) is 0 Å². The zero-order valence-electron chi connectivity index (χ0n) is 25.1. The molecule has 0 fully saturated rings. The molecule has 13 heteroatoms. The van der Waals surface area contributed by atoms with Crippen LogP contribution >= 0.6 is 0 Å². The van der Waals surface area contributed by atoms with Crippen molar-refractivity contribution in [2.75, 3.05) is 72.0 Å². The van der Waals surface area contributed by atoms with Crippen molar-refractivity contribution < 1.29 is 39.3 Å². The Morgan fingerprint density at radius 1 is 0.463 bits per heavy atom. The minimum Gasteiger partial charge on any atom is -0.480 e. The van der Waals surface area contributed by atoms with E-state index in [0.29, 0.717) is 13.1 Å². The summed E-state index contributed by atoms with van der Waals surface area (Å²) in [5.41, 5.74) is 0. The molecule has 0 saturated carbocycles. The van der Waals surface area contributed by atoms with E-state index in [-0.39, 0.29) is 70.7 Å². The summed E-state index contributed by atoms with van der Waals surface area (Å²) < 4.78 is 0. The number of aliphatic carboxylic acids is 3. The third-order valence-electron chi connectivity index (χ3n) is 6.48. The average Bonchev–Trinajstić information content (AvgIpc) is 2.88. The third kappa shape index (κ3) is 24.7. The number of amides is 2. The van der Waals surface area contributed by atoms with Crippen molar-refractivity contribution in [2.24, 2.45) is 0 Å². The first kappa shape index (κ1) is 38.2. The summed E-state index contributed by atoms with van der Waals surface area (Å²) in [7, 11) is 0. The molecule has 0 atom stereocenters. The van der Waals surface area contributed by atoms with E-state index in [9.17, 15) is 39.3 Å². The zero-order valence-corrected chi connectivity index (χ0v) is 25.1. The maximum absolute atomic E-state index is 12.4. The van der Waals surface area contributed by atoms with E-state index in [0.717, 1.165) is 64.2 Å². The van der Waals surface area contributed by atoms with E-state index in [2.05, 4.69) is 24.5 Å². The monoisotopic (exact) mass is 587 g/mol. The lowest BCUT2D eigenvalue weighted by Gasteiger charge is -2.28. The van der Waals surface area contributed by atoms with Gasteiger partial charge in [-0.25, -0.2) is 0 Å². The largest absolute Gasteiger partial charge is 0.480 e. The zero-order chi connectivity index (χ0) is 30.9. The molecule has 0 spiro atoms. The van der Waals surface area contributed by atoms with Crippen LogP contribution < -0.4 is 10.6 Å². The van der Waals surface area contributed by atoms with Crippen LogP contribution in [0.5, 0.6) is 0 Å². The second kappa shape index (κ2) is 25.0. The van der Waals surface area contributed by atoms with Crippen LogP contribution in [0, 0.1) is 0 Å². The Morgan fingerprint density at radius 3 is 1.12 bits per heavy atom. The maximum Gasteiger partial charge on any atom is 0.317 e. The highest BCUT2D eigenvalue weighted by molar-refractivity contribution is 5.79. The normalized spacial score (nSPS) is 11.2. The quantitative estimate of drug-likeness (QED) is 0.0833. The topological polar surface area (TPSA) is 180 Å². The fourth-order valence-corrected chi connectivity index (χ4v) is 4.27. The summed E-state index contributed by atoms with van der Waals surface area (Å²) >= 11 is 0. The van der Waals surface area contributed by atoms with E-state index < -0.39 is 17.9 Å². The fraction of sp³-hybridized carbons (Fsp3) is 0.821. The molecule has 0 aromatic rings. The molecule has 0 aliphatic rings. The molecule has 0 aliphatic carbocycles. The first-order chi connectivity index (χ1) is 19.6. The van der Waals surface area contributed by atoms with Gasteiger partial charge in [-0.2, -0.15) is 0 Å². The second-order valence-corrected chi connectivity index (χ2v) is 10.4. The Hall–Kier alpha value is -2.77. The molecule has 0 aromatic carbocycles. The predicted molar refractivity (Wildman–Crippen MR) is 156 cm³/mol. The van der Waals surface area contributed by atoms with Gasteiger partial charge in [0, 0.05) is 39.3 Å². The highest BCUT2D eigenvalue weighted by Crippen LogP contribution is 2.02. The first-order valence-corrected chi connectivity index (χ1v) is 14.9. The number of unbranched alkanes of at least 4 members (excludes halogenated alkanes) is 8. The molecule has 0 bridgehead atoms. The molecule has 0 unspecified atom stereocenters. The van der Waals surface area contributed by atoms with Crippen molar-refractivity contribution in [1.82, 2.24) is 25.3 Å². The fourth-order valence-electron chi connectivity index (χ4n) is 4.27. The third-order valence-corrected chi connectivity index (χ3v) is 6.48. The molecule has 0 radical (unpaired) electrons. The number of carboxylic acids is 3. The number of carbonyl (C=O) groups excluding carboxylic acids is 2. The summed E-state index contributed by atoms with van der Waals surface area (Å²) in [5, 5.41) is 33.5. The number of rotatable bonds is 28. The van der Waals surface area contributed by atoms with Crippen LogP contribution in [0.2, 0.25) is 0 Å². The van der Waals surface area contributed by atoms with Crippen LogP contribution in [0.25, 0.3) is 0 Å². The van der Waals surface area contributed by atoms with Gasteiger partial charge in [0.1, 0.15) is 0 Å². The van der Waals surface area contributed by atoms with Crippen molar-refractivity contribution in [3.63, 3.8) is 0 Å². The summed E-state index contributed by atoms with van der Waals surface area (Å²) in [5.74, 6) is -3.90. The Kier molecular flexibility index (Phi) is 23.3. The molecule has 0 aliphatic heterocycles. The number of nitrogens with one attached hydrogen (secondary N) is 2. The van der Waals surface area contributed by atoms with Gasteiger partial charge in [-0.3, -0.25) is 38.7 Å². The van der Waals surface area contributed by atoms with E-state index in [1.54, 1.807) is 4.90 Å². The average molecular weight is 588 g/mol. The van der Waals surface area contributed by atoms with E-state index >= 15 is 0 Å². The van der Waals surface area contributed by atoms with Crippen LogP contribution in [0.3, 0.4) is 0 Å². The van der Waals surface area contributed by atoms with Crippen LogP contribution in [-0.2, 0) is 24.0 Å². The van der Waals surface area contributed by atoms with E-state index in [1.165, 1.54) is 9.80 Å². The smallest absolute Gasteiger partial charge is 0.317 e. The molecule has 0 rings (SSSR count). The molecular formula is C28H53N5O8. The van der Waals surface area contributed by atoms with Gasteiger partial charge in [-0.05, 0) is 12.8 Å². The lowest BCUT2D eigenvalue weighted by Crippen LogP contribution is -2.47. The molecule has 0 heterocycles.